The SMILES string of the molecule is C=CCCC=CCCCCC(O)CCCCCC. The van der Waals surface area contributed by atoms with Crippen LogP contribution in [0.2, 0.25) is 0 Å². The Morgan fingerprint density at radius 3 is 2.22 bits per heavy atom. The fraction of sp³-hybridized carbons (Fsp3) is 0.765. The van der Waals surface area contributed by atoms with Crippen LogP contribution in [0.15, 0.2) is 24.8 Å². The molecule has 0 saturated carbocycles. The standard InChI is InChI=1S/C17H32O/c1-3-5-7-9-10-11-12-14-16-17(18)15-13-8-6-4-2/h3,9-10,17-18H,1,4-8,11-16H2,2H3. The summed E-state index contributed by atoms with van der Waals surface area (Å²) in [5, 5.41) is 9.79. The van der Waals surface area contributed by atoms with Gasteiger partial charge in [0.1, 0.15) is 0 Å². The van der Waals surface area contributed by atoms with Crippen molar-refractivity contribution in [3.63, 3.8) is 0 Å². The van der Waals surface area contributed by atoms with Crippen molar-refractivity contribution in [2.24, 2.45) is 0 Å². The molecule has 18 heavy (non-hydrogen) atoms. The van der Waals surface area contributed by atoms with Gasteiger partial charge in [0, 0.05) is 0 Å². The second-order valence-electron chi connectivity index (χ2n) is 5.13. The molecule has 0 spiro atoms. The van der Waals surface area contributed by atoms with Crippen LogP contribution in [0.3, 0.4) is 0 Å². The highest BCUT2D eigenvalue weighted by atomic mass is 16.3. The second kappa shape index (κ2) is 14.5. The molecule has 1 N–H and O–H groups in total. The van der Waals surface area contributed by atoms with Gasteiger partial charge in [-0.05, 0) is 38.5 Å². The van der Waals surface area contributed by atoms with Gasteiger partial charge in [0.15, 0.2) is 0 Å². The van der Waals surface area contributed by atoms with Crippen molar-refractivity contribution in [3.8, 4) is 0 Å². The van der Waals surface area contributed by atoms with Crippen molar-refractivity contribution in [2.75, 3.05) is 0 Å². The third-order valence-corrected chi connectivity index (χ3v) is 3.25. The average Bonchev–Trinajstić information content (AvgIpc) is 2.38. The van der Waals surface area contributed by atoms with E-state index in [0.717, 1.165) is 38.5 Å². The van der Waals surface area contributed by atoms with E-state index in [4.69, 9.17) is 0 Å². The Balaban J connectivity index is 3.21. The van der Waals surface area contributed by atoms with Gasteiger partial charge >= 0.3 is 0 Å². The zero-order valence-electron chi connectivity index (χ0n) is 12.2. The molecule has 1 unspecified atom stereocenters. The molecule has 0 fully saturated rings. The van der Waals surface area contributed by atoms with Crippen LogP contribution in [0, 0.1) is 0 Å². The Labute approximate surface area is 114 Å². The van der Waals surface area contributed by atoms with Crippen molar-refractivity contribution in [1.29, 1.82) is 0 Å². The first-order chi connectivity index (χ1) is 8.81. The number of rotatable bonds is 13. The Morgan fingerprint density at radius 1 is 0.889 bits per heavy atom. The van der Waals surface area contributed by atoms with E-state index in [9.17, 15) is 5.11 Å². The van der Waals surface area contributed by atoms with E-state index in [1.807, 2.05) is 6.08 Å². The van der Waals surface area contributed by atoms with Gasteiger partial charge in [0.2, 0.25) is 0 Å². The Kier molecular flexibility index (Phi) is 14.0. The molecule has 0 aromatic rings. The molecule has 106 valence electrons. The molecule has 0 radical (unpaired) electrons. The molecule has 0 amide bonds. The van der Waals surface area contributed by atoms with E-state index in [-0.39, 0.29) is 6.10 Å². The van der Waals surface area contributed by atoms with E-state index >= 15 is 0 Å². The number of hydrogen-bond acceptors (Lipinski definition) is 1. The third kappa shape index (κ3) is 13.5. The van der Waals surface area contributed by atoms with Crippen LogP contribution >= 0.6 is 0 Å². The molecule has 0 aliphatic rings. The van der Waals surface area contributed by atoms with Crippen LogP contribution in [-0.4, -0.2) is 11.2 Å². The predicted molar refractivity (Wildman–Crippen MR) is 81.8 cm³/mol. The van der Waals surface area contributed by atoms with Gasteiger partial charge in [-0.3, -0.25) is 0 Å². The van der Waals surface area contributed by atoms with E-state index in [1.54, 1.807) is 0 Å². The molecule has 0 rings (SSSR count). The molecule has 1 heteroatoms. The Bertz CT molecular complexity index is 196. The lowest BCUT2D eigenvalue weighted by atomic mass is 10.0. The zero-order chi connectivity index (χ0) is 13.5. The molecule has 1 nitrogen and oxygen atoms in total. The summed E-state index contributed by atoms with van der Waals surface area (Å²) in [6.45, 7) is 5.92. The summed E-state index contributed by atoms with van der Waals surface area (Å²) in [4.78, 5) is 0. The summed E-state index contributed by atoms with van der Waals surface area (Å²) in [5.74, 6) is 0. The minimum absolute atomic E-state index is 0.0633. The number of hydrogen-bond donors (Lipinski definition) is 1. The summed E-state index contributed by atoms with van der Waals surface area (Å²) in [6.07, 6.45) is 19.1. The van der Waals surface area contributed by atoms with E-state index in [2.05, 4.69) is 25.7 Å². The van der Waals surface area contributed by atoms with E-state index in [1.165, 1.54) is 32.1 Å². The van der Waals surface area contributed by atoms with Crippen LogP contribution in [-0.2, 0) is 0 Å². The summed E-state index contributed by atoms with van der Waals surface area (Å²) < 4.78 is 0. The van der Waals surface area contributed by atoms with Crippen molar-refractivity contribution in [1.82, 2.24) is 0 Å². The lowest BCUT2D eigenvalue weighted by molar-refractivity contribution is 0.147. The quantitative estimate of drug-likeness (QED) is 0.344. The van der Waals surface area contributed by atoms with Crippen LogP contribution in [0.4, 0.5) is 0 Å². The van der Waals surface area contributed by atoms with Gasteiger partial charge < -0.3 is 5.11 Å². The molecule has 0 aliphatic heterocycles. The fourth-order valence-corrected chi connectivity index (χ4v) is 2.04. The predicted octanol–water partition coefficient (Wildman–Crippen LogP) is 5.40. The molecule has 0 aliphatic carbocycles. The first-order valence-electron chi connectivity index (χ1n) is 7.75. The van der Waals surface area contributed by atoms with E-state index < -0.39 is 0 Å². The Hall–Kier alpha value is -0.560. The highest BCUT2D eigenvalue weighted by molar-refractivity contribution is 4.84. The largest absolute Gasteiger partial charge is 0.393 e. The first-order valence-corrected chi connectivity index (χ1v) is 7.75. The lowest BCUT2D eigenvalue weighted by Gasteiger charge is -2.09. The van der Waals surface area contributed by atoms with Gasteiger partial charge in [-0.15, -0.1) is 6.58 Å². The molecule has 1 atom stereocenters. The monoisotopic (exact) mass is 252 g/mol. The summed E-state index contributed by atoms with van der Waals surface area (Å²) in [7, 11) is 0. The summed E-state index contributed by atoms with van der Waals surface area (Å²) in [5.41, 5.74) is 0. The Morgan fingerprint density at radius 2 is 1.56 bits per heavy atom. The second-order valence-corrected chi connectivity index (χ2v) is 5.13. The number of unbranched alkanes of at least 4 members (excludes halogenated alkanes) is 6. The van der Waals surface area contributed by atoms with Gasteiger partial charge in [-0.1, -0.05) is 57.3 Å². The lowest BCUT2D eigenvalue weighted by Crippen LogP contribution is -2.05. The van der Waals surface area contributed by atoms with Crippen molar-refractivity contribution in [2.45, 2.75) is 83.7 Å². The third-order valence-electron chi connectivity index (χ3n) is 3.25. The number of aliphatic hydroxyl groups is 1. The highest BCUT2D eigenvalue weighted by Gasteiger charge is 2.02. The molecule has 0 heterocycles. The van der Waals surface area contributed by atoms with Crippen LogP contribution in [0.5, 0.6) is 0 Å². The maximum atomic E-state index is 9.79. The van der Waals surface area contributed by atoms with Crippen molar-refractivity contribution < 1.29 is 5.11 Å². The minimum Gasteiger partial charge on any atom is -0.393 e. The smallest absolute Gasteiger partial charge is 0.0540 e. The highest BCUT2D eigenvalue weighted by Crippen LogP contribution is 2.11. The molecular weight excluding hydrogens is 220 g/mol. The topological polar surface area (TPSA) is 20.2 Å². The van der Waals surface area contributed by atoms with Gasteiger partial charge in [0.05, 0.1) is 6.10 Å². The summed E-state index contributed by atoms with van der Waals surface area (Å²) >= 11 is 0. The van der Waals surface area contributed by atoms with Gasteiger partial charge in [-0.2, -0.15) is 0 Å². The summed E-state index contributed by atoms with van der Waals surface area (Å²) in [6, 6.07) is 0. The normalized spacial score (nSPS) is 13.0. The van der Waals surface area contributed by atoms with Crippen LogP contribution in [0.25, 0.3) is 0 Å². The molecule has 0 aromatic carbocycles. The molecule has 0 saturated heterocycles. The molecular formula is C17H32O. The van der Waals surface area contributed by atoms with Crippen LogP contribution < -0.4 is 0 Å². The van der Waals surface area contributed by atoms with Gasteiger partial charge in [-0.25, -0.2) is 0 Å². The molecule has 0 bridgehead atoms. The van der Waals surface area contributed by atoms with Crippen molar-refractivity contribution in [3.05, 3.63) is 24.8 Å². The fourth-order valence-electron chi connectivity index (χ4n) is 2.04. The number of aliphatic hydroxyl groups excluding tert-OH is 1. The first kappa shape index (κ1) is 17.4. The average molecular weight is 252 g/mol. The maximum absolute atomic E-state index is 9.79. The van der Waals surface area contributed by atoms with Crippen molar-refractivity contribution >= 4 is 0 Å². The minimum atomic E-state index is -0.0633. The molecule has 0 aromatic heterocycles. The maximum Gasteiger partial charge on any atom is 0.0540 e. The van der Waals surface area contributed by atoms with Gasteiger partial charge in [0.25, 0.3) is 0 Å². The number of allylic oxidation sites excluding steroid dienone is 3. The van der Waals surface area contributed by atoms with E-state index in [0.29, 0.717) is 0 Å². The zero-order valence-corrected chi connectivity index (χ0v) is 12.2. The van der Waals surface area contributed by atoms with Crippen LogP contribution in [0.1, 0.15) is 77.6 Å².